The number of nitro groups is 1. The number of carbonyl (C=O) groups is 1. The van der Waals surface area contributed by atoms with E-state index in [1.165, 1.54) is 18.2 Å². The Morgan fingerprint density at radius 2 is 2.11 bits per heavy atom. The van der Waals surface area contributed by atoms with Crippen LogP contribution >= 0.6 is 0 Å². The monoisotopic (exact) mass is 384 g/mol. The lowest BCUT2D eigenvalue weighted by Crippen LogP contribution is -2.22. The molecule has 3 aromatic rings. The number of aromatic nitrogens is 2. The third-order valence-electron chi connectivity index (χ3n) is 4.13. The molecule has 2 aromatic heterocycles. The molecule has 9 nitrogen and oxygen atoms in total. The number of para-hydroxylation sites is 2. The van der Waals surface area contributed by atoms with Gasteiger partial charge in [-0.15, -0.1) is 0 Å². The van der Waals surface area contributed by atoms with Crippen LogP contribution in [0, 0.1) is 17.0 Å². The molecule has 0 aliphatic heterocycles. The van der Waals surface area contributed by atoms with Crippen LogP contribution in [0.5, 0.6) is 5.75 Å². The second-order valence-electron chi connectivity index (χ2n) is 6.06. The number of rotatable bonds is 8. The summed E-state index contributed by atoms with van der Waals surface area (Å²) in [6, 6.07) is 9.21. The van der Waals surface area contributed by atoms with Gasteiger partial charge >= 0.3 is 5.69 Å². The first-order valence-corrected chi connectivity index (χ1v) is 8.74. The average molecular weight is 384 g/mol. The fourth-order valence-electron chi connectivity index (χ4n) is 2.61. The molecule has 3 rings (SSSR count). The number of ether oxygens (including phenoxy) is 1. The van der Waals surface area contributed by atoms with Crippen molar-refractivity contribution in [2.24, 2.45) is 0 Å². The summed E-state index contributed by atoms with van der Waals surface area (Å²) in [5, 5.41) is 18.1. The second-order valence-corrected chi connectivity index (χ2v) is 6.06. The van der Waals surface area contributed by atoms with Crippen molar-refractivity contribution < 1.29 is 18.9 Å². The van der Waals surface area contributed by atoms with Gasteiger partial charge in [-0.2, -0.15) is 5.10 Å². The lowest BCUT2D eigenvalue weighted by atomic mass is 10.2. The molecule has 28 heavy (non-hydrogen) atoms. The number of aryl methyl sites for hydroxylation is 2. The zero-order chi connectivity index (χ0) is 20.1. The van der Waals surface area contributed by atoms with E-state index in [0.29, 0.717) is 12.3 Å². The Morgan fingerprint density at radius 3 is 2.82 bits per heavy atom. The first-order valence-electron chi connectivity index (χ1n) is 8.74. The van der Waals surface area contributed by atoms with Gasteiger partial charge in [0.15, 0.2) is 11.5 Å². The van der Waals surface area contributed by atoms with Gasteiger partial charge < -0.3 is 14.5 Å². The van der Waals surface area contributed by atoms with Gasteiger partial charge in [-0.05, 0) is 32.0 Å². The molecule has 146 valence electrons. The minimum absolute atomic E-state index is 0.0273. The summed E-state index contributed by atoms with van der Waals surface area (Å²) in [5.41, 5.74) is 1.66. The predicted octanol–water partition coefficient (Wildman–Crippen LogP) is 3.22. The third kappa shape index (κ3) is 4.37. The van der Waals surface area contributed by atoms with Crippen molar-refractivity contribution in [3.8, 4) is 5.75 Å². The van der Waals surface area contributed by atoms with Crippen LogP contribution in [0.4, 0.5) is 5.69 Å². The average Bonchev–Trinajstić information content (AvgIpc) is 3.31. The topological polar surface area (TPSA) is 112 Å². The maximum atomic E-state index is 12.3. The first kappa shape index (κ1) is 19.2. The van der Waals surface area contributed by atoms with E-state index in [9.17, 15) is 14.9 Å². The van der Waals surface area contributed by atoms with E-state index in [1.54, 1.807) is 18.2 Å². The predicted molar refractivity (Wildman–Crippen MR) is 99.9 cm³/mol. The molecule has 0 aliphatic rings. The van der Waals surface area contributed by atoms with Gasteiger partial charge in [0, 0.05) is 30.9 Å². The van der Waals surface area contributed by atoms with Crippen LogP contribution < -0.4 is 10.1 Å². The Hall–Kier alpha value is -3.62. The fourth-order valence-corrected chi connectivity index (χ4v) is 2.61. The Bertz CT molecular complexity index is 992. The second kappa shape index (κ2) is 8.38. The number of amides is 1. The fraction of sp³-hybridized carbons (Fsp3) is 0.263. The number of benzene rings is 1. The Kier molecular flexibility index (Phi) is 5.73. The van der Waals surface area contributed by atoms with E-state index in [0.717, 1.165) is 17.8 Å². The van der Waals surface area contributed by atoms with Crippen molar-refractivity contribution >= 4 is 11.6 Å². The van der Waals surface area contributed by atoms with Crippen molar-refractivity contribution in [1.29, 1.82) is 0 Å². The first-order chi connectivity index (χ1) is 13.5. The largest absolute Gasteiger partial charge is 0.479 e. The van der Waals surface area contributed by atoms with Gasteiger partial charge in [-0.3, -0.25) is 19.6 Å². The summed E-state index contributed by atoms with van der Waals surface area (Å²) in [5.74, 6) is 0.305. The summed E-state index contributed by atoms with van der Waals surface area (Å²) in [6.45, 7) is 4.95. The molecule has 0 saturated heterocycles. The standard InChI is InChI=1S/C19H20N4O5/c1-3-22-11-14(13(2)21-22)10-20-19(24)18-9-8-15(28-18)12-27-17-7-5-4-6-16(17)23(25)26/h4-9,11H,3,10,12H2,1-2H3,(H,20,24). The molecule has 0 spiro atoms. The van der Waals surface area contributed by atoms with Gasteiger partial charge in [0.1, 0.15) is 12.4 Å². The van der Waals surface area contributed by atoms with Gasteiger partial charge in [0.25, 0.3) is 5.91 Å². The smallest absolute Gasteiger partial charge is 0.310 e. The van der Waals surface area contributed by atoms with Crippen molar-refractivity contribution in [3.63, 3.8) is 0 Å². The summed E-state index contributed by atoms with van der Waals surface area (Å²) in [6.07, 6.45) is 1.89. The van der Waals surface area contributed by atoms with E-state index < -0.39 is 4.92 Å². The minimum Gasteiger partial charge on any atom is -0.479 e. The molecule has 0 aliphatic carbocycles. The van der Waals surface area contributed by atoms with E-state index in [1.807, 2.05) is 24.7 Å². The molecule has 2 heterocycles. The van der Waals surface area contributed by atoms with Gasteiger partial charge in [0.2, 0.25) is 0 Å². The molecular weight excluding hydrogens is 364 g/mol. The van der Waals surface area contributed by atoms with Gasteiger partial charge in [0.05, 0.1) is 10.6 Å². The third-order valence-corrected chi connectivity index (χ3v) is 4.13. The lowest BCUT2D eigenvalue weighted by molar-refractivity contribution is -0.386. The van der Waals surface area contributed by atoms with Crippen LogP contribution in [0.3, 0.4) is 0 Å². The lowest BCUT2D eigenvalue weighted by Gasteiger charge is -2.05. The molecule has 0 unspecified atom stereocenters. The summed E-state index contributed by atoms with van der Waals surface area (Å²) in [4.78, 5) is 22.8. The van der Waals surface area contributed by atoms with E-state index in [4.69, 9.17) is 9.15 Å². The normalized spacial score (nSPS) is 10.6. The quantitative estimate of drug-likeness (QED) is 0.471. The van der Waals surface area contributed by atoms with Crippen molar-refractivity contribution in [3.05, 3.63) is 75.5 Å². The maximum absolute atomic E-state index is 12.3. The number of carbonyl (C=O) groups excluding carboxylic acids is 1. The SMILES string of the molecule is CCn1cc(CNC(=O)c2ccc(COc3ccccc3[N+](=O)[O-])o2)c(C)n1. The van der Waals surface area contributed by atoms with Crippen molar-refractivity contribution in [2.45, 2.75) is 33.5 Å². The Morgan fingerprint density at radius 1 is 1.32 bits per heavy atom. The zero-order valence-electron chi connectivity index (χ0n) is 15.5. The highest BCUT2D eigenvalue weighted by Gasteiger charge is 2.16. The Labute approximate surface area is 161 Å². The molecular formula is C19H20N4O5. The van der Waals surface area contributed by atoms with Crippen LogP contribution in [0.1, 0.15) is 34.5 Å². The summed E-state index contributed by atoms with van der Waals surface area (Å²) >= 11 is 0. The number of nitro benzene ring substituents is 1. The van der Waals surface area contributed by atoms with Gasteiger partial charge in [-0.25, -0.2) is 0 Å². The Balaban J connectivity index is 1.58. The molecule has 0 fully saturated rings. The molecule has 1 aromatic carbocycles. The summed E-state index contributed by atoms with van der Waals surface area (Å²) in [7, 11) is 0. The highest BCUT2D eigenvalue weighted by atomic mass is 16.6. The molecule has 9 heteroatoms. The zero-order valence-corrected chi connectivity index (χ0v) is 15.5. The van der Waals surface area contributed by atoms with Crippen LogP contribution in [0.15, 0.2) is 47.0 Å². The molecule has 1 amide bonds. The molecule has 0 saturated carbocycles. The molecule has 1 N–H and O–H groups in total. The number of nitrogens with one attached hydrogen (secondary N) is 1. The highest BCUT2D eigenvalue weighted by Crippen LogP contribution is 2.26. The maximum Gasteiger partial charge on any atom is 0.310 e. The number of hydrogen-bond acceptors (Lipinski definition) is 6. The van der Waals surface area contributed by atoms with Crippen LogP contribution in [-0.2, 0) is 19.7 Å². The van der Waals surface area contributed by atoms with Gasteiger partial charge in [-0.1, -0.05) is 12.1 Å². The highest BCUT2D eigenvalue weighted by molar-refractivity contribution is 5.91. The van der Waals surface area contributed by atoms with Crippen molar-refractivity contribution in [2.75, 3.05) is 0 Å². The van der Waals surface area contributed by atoms with Crippen LogP contribution in [0.25, 0.3) is 0 Å². The minimum atomic E-state index is -0.515. The molecule has 0 atom stereocenters. The number of nitrogens with zero attached hydrogens (tertiary/aromatic N) is 3. The number of furan rings is 1. The number of hydrogen-bond donors (Lipinski definition) is 1. The van der Waals surface area contributed by atoms with Crippen LogP contribution in [-0.4, -0.2) is 20.6 Å². The van der Waals surface area contributed by atoms with Crippen LogP contribution in [0.2, 0.25) is 0 Å². The molecule has 0 radical (unpaired) electrons. The van der Waals surface area contributed by atoms with E-state index in [2.05, 4.69) is 10.4 Å². The molecule has 0 bridgehead atoms. The van der Waals surface area contributed by atoms with E-state index >= 15 is 0 Å². The van der Waals surface area contributed by atoms with Crippen molar-refractivity contribution in [1.82, 2.24) is 15.1 Å². The summed E-state index contributed by atoms with van der Waals surface area (Å²) < 4.78 is 12.8. The van der Waals surface area contributed by atoms with E-state index in [-0.39, 0.29) is 29.7 Å².